The number of carbonyl (C=O) groups excluding carboxylic acids is 1. The smallest absolute Gasteiger partial charge is 0.321 e. The number of rotatable bonds is 4. The summed E-state index contributed by atoms with van der Waals surface area (Å²) >= 11 is 1.43. The molecule has 0 unspecified atom stereocenters. The average Bonchev–Trinajstić information content (AvgIpc) is 2.71. The van der Waals surface area contributed by atoms with E-state index in [0.717, 1.165) is 10.2 Å². The molecule has 0 aliphatic heterocycles. The van der Waals surface area contributed by atoms with Crippen molar-refractivity contribution in [1.29, 1.82) is 0 Å². The van der Waals surface area contributed by atoms with Crippen molar-refractivity contribution >= 4 is 32.7 Å². The first-order chi connectivity index (χ1) is 8.29. The van der Waals surface area contributed by atoms with Crippen LogP contribution >= 0.6 is 11.3 Å². The van der Waals surface area contributed by atoms with Crippen molar-refractivity contribution in [2.75, 3.05) is 18.5 Å². The molecule has 6 heteroatoms. The number of nitrogens with one attached hydrogen (secondary N) is 2. The third-order valence-electron chi connectivity index (χ3n) is 2.13. The predicted molar refractivity (Wildman–Crippen MR) is 68.3 cm³/mol. The van der Waals surface area contributed by atoms with Crippen LogP contribution < -0.4 is 10.6 Å². The van der Waals surface area contributed by atoms with Crippen LogP contribution in [0.3, 0.4) is 0 Å². The zero-order valence-corrected chi connectivity index (χ0v) is 9.96. The molecule has 0 aliphatic rings. The average molecular weight is 251 g/mol. The van der Waals surface area contributed by atoms with Gasteiger partial charge in [-0.2, -0.15) is 0 Å². The second kappa shape index (κ2) is 5.60. The number of amides is 2. The van der Waals surface area contributed by atoms with E-state index >= 15 is 0 Å². The molecule has 0 fully saturated rings. The van der Waals surface area contributed by atoms with Gasteiger partial charge in [-0.1, -0.05) is 23.5 Å². The van der Waals surface area contributed by atoms with Gasteiger partial charge in [-0.25, -0.2) is 9.78 Å². The molecule has 0 saturated heterocycles. The zero-order chi connectivity index (χ0) is 12.1. The number of thiazole rings is 1. The third kappa shape index (κ3) is 3.15. The number of aromatic nitrogens is 1. The van der Waals surface area contributed by atoms with Gasteiger partial charge < -0.3 is 10.4 Å². The minimum absolute atomic E-state index is 0.0709. The van der Waals surface area contributed by atoms with Crippen LogP contribution in [-0.2, 0) is 0 Å². The van der Waals surface area contributed by atoms with Gasteiger partial charge in [0.15, 0.2) is 5.13 Å². The molecule has 0 spiro atoms. The van der Waals surface area contributed by atoms with Gasteiger partial charge in [0.1, 0.15) is 0 Å². The fraction of sp³-hybridized carbons (Fsp3) is 0.273. The highest BCUT2D eigenvalue weighted by Gasteiger charge is 2.06. The van der Waals surface area contributed by atoms with Crippen LogP contribution in [0.4, 0.5) is 9.93 Å². The van der Waals surface area contributed by atoms with E-state index in [-0.39, 0.29) is 12.6 Å². The first-order valence-electron chi connectivity index (χ1n) is 5.31. The molecule has 1 aromatic carbocycles. The summed E-state index contributed by atoms with van der Waals surface area (Å²) in [4.78, 5) is 15.7. The summed E-state index contributed by atoms with van der Waals surface area (Å²) in [7, 11) is 0. The lowest BCUT2D eigenvalue weighted by Gasteiger charge is -2.03. The number of urea groups is 1. The van der Waals surface area contributed by atoms with Crippen molar-refractivity contribution < 1.29 is 9.90 Å². The molecule has 5 nitrogen and oxygen atoms in total. The van der Waals surface area contributed by atoms with Crippen LogP contribution in [0.15, 0.2) is 24.3 Å². The lowest BCUT2D eigenvalue weighted by atomic mass is 10.3. The number of benzene rings is 1. The third-order valence-corrected chi connectivity index (χ3v) is 3.09. The normalized spacial score (nSPS) is 10.4. The van der Waals surface area contributed by atoms with Crippen LogP contribution in [0.25, 0.3) is 10.2 Å². The first-order valence-corrected chi connectivity index (χ1v) is 6.12. The van der Waals surface area contributed by atoms with Gasteiger partial charge in [0, 0.05) is 13.2 Å². The highest BCUT2D eigenvalue weighted by Crippen LogP contribution is 2.24. The second-order valence-corrected chi connectivity index (χ2v) is 4.48. The number of anilines is 1. The van der Waals surface area contributed by atoms with E-state index < -0.39 is 0 Å². The van der Waals surface area contributed by atoms with Gasteiger partial charge in [0.05, 0.1) is 10.2 Å². The van der Waals surface area contributed by atoms with Crippen LogP contribution in [0.5, 0.6) is 0 Å². The Morgan fingerprint density at radius 1 is 1.41 bits per heavy atom. The molecular formula is C11H13N3O2S. The molecule has 0 aliphatic carbocycles. The van der Waals surface area contributed by atoms with Gasteiger partial charge in [-0.15, -0.1) is 0 Å². The van der Waals surface area contributed by atoms with E-state index in [1.165, 1.54) is 11.3 Å². The van der Waals surface area contributed by atoms with E-state index in [2.05, 4.69) is 15.6 Å². The molecule has 0 saturated carbocycles. The number of carbonyl (C=O) groups is 1. The van der Waals surface area contributed by atoms with Gasteiger partial charge in [-0.05, 0) is 18.6 Å². The van der Waals surface area contributed by atoms with Gasteiger partial charge in [-0.3, -0.25) is 5.32 Å². The van der Waals surface area contributed by atoms with Gasteiger partial charge >= 0.3 is 6.03 Å². The SMILES string of the molecule is O=C(NCCCO)Nc1nc2ccccc2s1. The van der Waals surface area contributed by atoms with Crippen LogP contribution in [0, 0.1) is 0 Å². The fourth-order valence-electron chi connectivity index (χ4n) is 1.35. The summed E-state index contributed by atoms with van der Waals surface area (Å²) in [6.45, 7) is 0.522. The van der Waals surface area contributed by atoms with Crippen LogP contribution in [-0.4, -0.2) is 29.3 Å². The maximum atomic E-state index is 11.4. The predicted octanol–water partition coefficient (Wildman–Crippen LogP) is 1.80. The molecule has 90 valence electrons. The van der Waals surface area contributed by atoms with Crippen molar-refractivity contribution in [3.63, 3.8) is 0 Å². The molecule has 2 amide bonds. The van der Waals surface area contributed by atoms with E-state index in [9.17, 15) is 4.79 Å². The molecule has 2 rings (SSSR count). The highest BCUT2D eigenvalue weighted by atomic mass is 32.1. The Morgan fingerprint density at radius 3 is 3.00 bits per heavy atom. The van der Waals surface area contributed by atoms with Crippen LogP contribution in [0.2, 0.25) is 0 Å². The topological polar surface area (TPSA) is 74.2 Å². The first kappa shape index (κ1) is 11.8. The van der Waals surface area contributed by atoms with Crippen molar-refractivity contribution in [3.8, 4) is 0 Å². The maximum absolute atomic E-state index is 11.4. The van der Waals surface area contributed by atoms with Gasteiger partial charge in [0.2, 0.25) is 0 Å². The summed E-state index contributed by atoms with van der Waals surface area (Å²) in [6, 6.07) is 7.42. The number of fused-ring (bicyclic) bond motifs is 1. The Kier molecular flexibility index (Phi) is 3.89. The number of hydrogen-bond donors (Lipinski definition) is 3. The van der Waals surface area contributed by atoms with E-state index in [0.29, 0.717) is 18.1 Å². The van der Waals surface area contributed by atoms with E-state index in [1.54, 1.807) is 0 Å². The van der Waals surface area contributed by atoms with Crippen LogP contribution in [0.1, 0.15) is 6.42 Å². The monoisotopic (exact) mass is 251 g/mol. The number of aliphatic hydroxyl groups excluding tert-OH is 1. The summed E-state index contributed by atoms with van der Waals surface area (Å²) in [5.41, 5.74) is 0.878. The summed E-state index contributed by atoms with van der Waals surface area (Å²) in [5.74, 6) is 0. The van der Waals surface area contributed by atoms with Crippen molar-refractivity contribution in [3.05, 3.63) is 24.3 Å². The Labute approximate surface area is 102 Å². The fourth-order valence-corrected chi connectivity index (χ4v) is 2.21. The van der Waals surface area contributed by atoms with Crippen molar-refractivity contribution in [2.24, 2.45) is 0 Å². The molecule has 3 N–H and O–H groups in total. The maximum Gasteiger partial charge on any atom is 0.321 e. The molecule has 2 aromatic rings. The summed E-state index contributed by atoms with van der Waals surface area (Å²) < 4.78 is 1.04. The lowest BCUT2D eigenvalue weighted by Crippen LogP contribution is -2.29. The van der Waals surface area contributed by atoms with Crippen molar-refractivity contribution in [2.45, 2.75) is 6.42 Å². The van der Waals surface area contributed by atoms with Gasteiger partial charge in [0.25, 0.3) is 0 Å². The lowest BCUT2D eigenvalue weighted by molar-refractivity contribution is 0.249. The molecule has 17 heavy (non-hydrogen) atoms. The minimum atomic E-state index is -0.294. The minimum Gasteiger partial charge on any atom is -0.396 e. The number of aliphatic hydroxyl groups is 1. The molecule has 0 radical (unpaired) electrons. The number of nitrogens with zero attached hydrogens (tertiary/aromatic N) is 1. The summed E-state index contributed by atoms with van der Waals surface area (Å²) in [5, 5.41) is 14.5. The number of hydrogen-bond acceptors (Lipinski definition) is 4. The highest BCUT2D eigenvalue weighted by molar-refractivity contribution is 7.22. The largest absolute Gasteiger partial charge is 0.396 e. The Balaban J connectivity index is 1.96. The molecular weight excluding hydrogens is 238 g/mol. The number of para-hydroxylation sites is 1. The molecule has 0 bridgehead atoms. The molecule has 0 atom stereocenters. The van der Waals surface area contributed by atoms with Crippen molar-refractivity contribution in [1.82, 2.24) is 10.3 Å². The Bertz CT molecular complexity index is 479. The standard InChI is InChI=1S/C11H13N3O2S/c15-7-3-6-12-10(16)14-11-13-8-4-1-2-5-9(8)17-11/h1-2,4-5,15H,3,6-7H2,(H2,12,13,14,16). The molecule has 1 aromatic heterocycles. The van der Waals surface area contributed by atoms with E-state index in [4.69, 9.17) is 5.11 Å². The Hall–Kier alpha value is -1.66. The summed E-state index contributed by atoms with van der Waals surface area (Å²) in [6.07, 6.45) is 0.549. The second-order valence-electron chi connectivity index (χ2n) is 3.44. The van der Waals surface area contributed by atoms with E-state index in [1.807, 2.05) is 24.3 Å². The zero-order valence-electron chi connectivity index (χ0n) is 9.14. The Morgan fingerprint density at radius 2 is 2.24 bits per heavy atom. The molecule has 1 heterocycles. The quantitative estimate of drug-likeness (QED) is 0.725.